The second kappa shape index (κ2) is 5.18. The number of benzene rings is 1. The van der Waals surface area contributed by atoms with Crippen molar-refractivity contribution in [3.8, 4) is 0 Å². The molecule has 2 aliphatic rings. The maximum absolute atomic E-state index is 4.76. The molecule has 0 bridgehead atoms. The van der Waals surface area contributed by atoms with E-state index in [9.17, 15) is 0 Å². The van der Waals surface area contributed by atoms with Gasteiger partial charge >= 0.3 is 0 Å². The zero-order chi connectivity index (χ0) is 16.2. The lowest BCUT2D eigenvalue weighted by atomic mass is 10.0. The molecule has 4 heteroatoms. The largest absolute Gasteiger partial charge is 0.324 e. The zero-order valence-electron chi connectivity index (χ0n) is 14.2. The van der Waals surface area contributed by atoms with Gasteiger partial charge in [-0.2, -0.15) is 0 Å². The molecule has 0 spiro atoms. The molecule has 0 fully saturated rings. The fourth-order valence-electron chi connectivity index (χ4n) is 3.31. The molecule has 2 nitrogen and oxygen atoms in total. The first-order valence-corrected chi connectivity index (χ1v) is 12.5. The molecule has 0 saturated carbocycles. The van der Waals surface area contributed by atoms with Crippen molar-refractivity contribution in [2.45, 2.75) is 26.6 Å². The Balaban J connectivity index is 1.79. The molecule has 0 atom stereocenters. The number of hydrogen-bond donors (Lipinski definition) is 0. The molecule has 118 valence electrons. The smallest absolute Gasteiger partial charge is 0.137 e. The first-order chi connectivity index (χ1) is 10.9. The van der Waals surface area contributed by atoms with E-state index in [0.717, 1.165) is 18.9 Å². The standard InChI is InChI=1S/C19H22N2SSi/c1-13-11-16-18(22-13)12-17(21-10-9-20-19(16)21)14-5-7-15(8-6-14)23(2,3)4/h5-8,11-12H,9-10H2,1-4H3. The van der Waals surface area contributed by atoms with Gasteiger partial charge in [-0.25, -0.2) is 0 Å². The summed E-state index contributed by atoms with van der Waals surface area (Å²) in [6, 6.07) is 11.5. The second-order valence-electron chi connectivity index (χ2n) is 7.35. The Morgan fingerprint density at radius 1 is 1.13 bits per heavy atom. The molecule has 23 heavy (non-hydrogen) atoms. The van der Waals surface area contributed by atoms with Crippen molar-refractivity contribution < 1.29 is 0 Å². The summed E-state index contributed by atoms with van der Waals surface area (Å²) in [7, 11) is -1.24. The molecule has 3 heterocycles. The van der Waals surface area contributed by atoms with Crippen LogP contribution in [0.3, 0.4) is 0 Å². The summed E-state index contributed by atoms with van der Waals surface area (Å²) in [5.41, 5.74) is 3.92. The Kier molecular flexibility index (Phi) is 3.36. The topological polar surface area (TPSA) is 15.6 Å². The summed E-state index contributed by atoms with van der Waals surface area (Å²) in [6.45, 7) is 11.3. The Labute approximate surface area is 143 Å². The van der Waals surface area contributed by atoms with Gasteiger partial charge in [0.25, 0.3) is 0 Å². The molecular formula is C19H22N2SSi. The van der Waals surface area contributed by atoms with Crippen LogP contribution in [0.5, 0.6) is 0 Å². The van der Waals surface area contributed by atoms with Crippen LogP contribution < -0.4 is 5.19 Å². The monoisotopic (exact) mass is 338 g/mol. The van der Waals surface area contributed by atoms with Crippen LogP contribution >= 0.6 is 11.3 Å². The molecule has 0 aliphatic carbocycles. The van der Waals surface area contributed by atoms with Gasteiger partial charge in [0.2, 0.25) is 0 Å². The number of rotatable bonds is 2. The van der Waals surface area contributed by atoms with Crippen LogP contribution in [0.1, 0.15) is 20.9 Å². The Bertz CT molecular complexity index is 822. The molecule has 4 rings (SSSR count). The van der Waals surface area contributed by atoms with E-state index in [1.54, 1.807) is 0 Å². The number of aliphatic imine (C=N–C) groups is 1. The SMILES string of the molecule is Cc1cc2c(s1)C=C(c1ccc([Si](C)(C)C)cc1)N1CCN=C21. The van der Waals surface area contributed by atoms with E-state index in [2.05, 4.69) is 67.9 Å². The molecule has 1 aromatic heterocycles. The van der Waals surface area contributed by atoms with Crippen molar-refractivity contribution >= 4 is 42.2 Å². The summed E-state index contributed by atoms with van der Waals surface area (Å²) >= 11 is 1.87. The Hall–Kier alpha value is -1.65. The number of amidine groups is 1. The second-order valence-corrected chi connectivity index (χ2v) is 13.7. The minimum Gasteiger partial charge on any atom is -0.324 e. The van der Waals surface area contributed by atoms with E-state index in [1.165, 1.54) is 31.8 Å². The summed E-state index contributed by atoms with van der Waals surface area (Å²) in [5.74, 6) is 1.16. The number of nitrogens with zero attached hydrogens (tertiary/aromatic N) is 2. The predicted molar refractivity (Wildman–Crippen MR) is 104 cm³/mol. The lowest BCUT2D eigenvalue weighted by Crippen LogP contribution is -2.37. The van der Waals surface area contributed by atoms with Crippen LogP contribution in [-0.2, 0) is 0 Å². The molecule has 2 aromatic rings. The van der Waals surface area contributed by atoms with E-state index >= 15 is 0 Å². The third kappa shape index (κ3) is 2.50. The van der Waals surface area contributed by atoms with Gasteiger partial charge < -0.3 is 4.90 Å². The first kappa shape index (κ1) is 14.9. The van der Waals surface area contributed by atoms with Gasteiger partial charge in [-0.3, -0.25) is 4.99 Å². The summed E-state index contributed by atoms with van der Waals surface area (Å²) < 4.78 is 0. The van der Waals surface area contributed by atoms with Gasteiger partial charge in [0.15, 0.2) is 0 Å². The van der Waals surface area contributed by atoms with Gasteiger partial charge in [-0.05, 0) is 24.6 Å². The third-order valence-corrected chi connectivity index (χ3v) is 7.63. The first-order valence-electron chi connectivity index (χ1n) is 8.19. The predicted octanol–water partition coefficient (Wildman–Crippen LogP) is 4.18. The molecule has 0 N–H and O–H groups in total. The molecular weight excluding hydrogens is 316 g/mol. The Morgan fingerprint density at radius 2 is 1.87 bits per heavy atom. The average Bonchev–Trinajstić information content (AvgIpc) is 3.10. The van der Waals surface area contributed by atoms with Gasteiger partial charge in [0, 0.05) is 21.9 Å². The quantitative estimate of drug-likeness (QED) is 0.750. The van der Waals surface area contributed by atoms with Crippen molar-refractivity contribution in [1.82, 2.24) is 4.90 Å². The summed E-state index contributed by atoms with van der Waals surface area (Å²) in [6.07, 6.45) is 2.35. The van der Waals surface area contributed by atoms with E-state index in [4.69, 9.17) is 4.99 Å². The van der Waals surface area contributed by atoms with Crippen molar-refractivity contribution in [1.29, 1.82) is 0 Å². The molecule has 0 amide bonds. The fraction of sp³-hybridized carbons (Fsp3) is 0.316. The van der Waals surface area contributed by atoms with Crippen LogP contribution in [0.4, 0.5) is 0 Å². The molecule has 0 unspecified atom stereocenters. The molecule has 2 aliphatic heterocycles. The fourth-order valence-corrected chi connectivity index (χ4v) is 5.43. The molecule has 0 saturated heterocycles. The molecule has 0 radical (unpaired) electrons. The van der Waals surface area contributed by atoms with Crippen LogP contribution in [0.2, 0.25) is 19.6 Å². The number of hydrogen-bond acceptors (Lipinski definition) is 3. The maximum atomic E-state index is 4.76. The summed E-state index contributed by atoms with van der Waals surface area (Å²) in [5, 5.41) is 1.51. The lowest BCUT2D eigenvalue weighted by molar-refractivity contribution is 0.638. The van der Waals surface area contributed by atoms with E-state index < -0.39 is 8.07 Å². The van der Waals surface area contributed by atoms with Gasteiger partial charge in [-0.1, -0.05) is 49.1 Å². The molecule has 1 aromatic carbocycles. The van der Waals surface area contributed by atoms with Crippen molar-refractivity contribution in [2.24, 2.45) is 4.99 Å². The highest BCUT2D eigenvalue weighted by molar-refractivity contribution is 7.13. The highest BCUT2D eigenvalue weighted by Crippen LogP contribution is 2.37. The maximum Gasteiger partial charge on any atom is 0.137 e. The van der Waals surface area contributed by atoms with Crippen LogP contribution in [0.15, 0.2) is 35.3 Å². The normalized spacial score (nSPS) is 16.8. The van der Waals surface area contributed by atoms with Crippen molar-refractivity contribution in [2.75, 3.05) is 13.1 Å². The number of thiophene rings is 1. The van der Waals surface area contributed by atoms with E-state index in [-0.39, 0.29) is 0 Å². The van der Waals surface area contributed by atoms with E-state index in [0.29, 0.717) is 0 Å². The van der Waals surface area contributed by atoms with Crippen LogP contribution in [0, 0.1) is 6.92 Å². The number of fused-ring (bicyclic) bond motifs is 3. The minimum absolute atomic E-state index is 0.897. The Morgan fingerprint density at radius 3 is 2.57 bits per heavy atom. The van der Waals surface area contributed by atoms with Crippen molar-refractivity contribution in [3.63, 3.8) is 0 Å². The summed E-state index contributed by atoms with van der Waals surface area (Å²) in [4.78, 5) is 9.86. The van der Waals surface area contributed by atoms with Gasteiger partial charge in [0.05, 0.1) is 20.3 Å². The lowest BCUT2D eigenvalue weighted by Gasteiger charge is -2.28. The zero-order valence-corrected chi connectivity index (χ0v) is 16.0. The number of aryl methyl sites for hydroxylation is 1. The van der Waals surface area contributed by atoms with Gasteiger partial charge in [-0.15, -0.1) is 11.3 Å². The van der Waals surface area contributed by atoms with Crippen LogP contribution in [0.25, 0.3) is 11.8 Å². The van der Waals surface area contributed by atoms with Crippen molar-refractivity contribution in [3.05, 3.63) is 51.2 Å². The highest BCUT2D eigenvalue weighted by atomic mass is 32.1. The minimum atomic E-state index is -1.24. The van der Waals surface area contributed by atoms with Gasteiger partial charge in [0.1, 0.15) is 5.84 Å². The highest BCUT2D eigenvalue weighted by Gasteiger charge is 2.30. The third-order valence-electron chi connectivity index (χ3n) is 4.57. The van der Waals surface area contributed by atoms with Crippen LogP contribution in [-0.4, -0.2) is 31.9 Å². The van der Waals surface area contributed by atoms with E-state index in [1.807, 2.05) is 11.3 Å². The average molecular weight is 339 g/mol.